The highest BCUT2D eigenvalue weighted by atomic mass is 16.6. The Labute approximate surface area is 402 Å². The van der Waals surface area contributed by atoms with E-state index in [1.165, 1.54) is 135 Å². The Bertz CT molecular complexity index is 1230. The molecule has 6 nitrogen and oxygen atoms in total. The molecule has 374 valence electrons. The summed E-state index contributed by atoms with van der Waals surface area (Å²) < 4.78 is 16.8. The van der Waals surface area contributed by atoms with Gasteiger partial charge in [0, 0.05) is 19.3 Å². The van der Waals surface area contributed by atoms with E-state index in [2.05, 4.69) is 93.7 Å². The summed E-state index contributed by atoms with van der Waals surface area (Å²) in [7, 11) is 0. The molecule has 0 aliphatic heterocycles. The molecule has 0 saturated carbocycles. The first-order valence-corrected chi connectivity index (χ1v) is 27.5. The van der Waals surface area contributed by atoms with Crippen LogP contribution in [0.3, 0.4) is 0 Å². The Kier molecular flexibility index (Phi) is 50.9. The topological polar surface area (TPSA) is 78.9 Å². The van der Waals surface area contributed by atoms with Crippen molar-refractivity contribution in [2.75, 3.05) is 13.2 Å². The van der Waals surface area contributed by atoms with Crippen LogP contribution in [-0.2, 0) is 28.6 Å². The lowest BCUT2D eigenvalue weighted by molar-refractivity contribution is -0.167. The Balaban J connectivity index is 4.37. The van der Waals surface area contributed by atoms with Gasteiger partial charge in [0.1, 0.15) is 13.2 Å². The van der Waals surface area contributed by atoms with Gasteiger partial charge in [-0.2, -0.15) is 0 Å². The molecule has 0 bridgehead atoms. The molecule has 65 heavy (non-hydrogen) atoms. The van der Waals surface area contributed by atoms with E-state index in [0.29, 0.717) is 19.3 Å². The number of ether oxygens (including phenoxy) is 3. The summed E-state index contributed by atoms with van der Waals surface area (Å²) in [5.74, 6) is -0.891. The maximum atomic E-state index is 12.8. The maximum absolute atomic E-state index is 12.8. The van der Waals surface area contributed by atoms with Crippen LogP contribution >= 0.6 is 0 Å². The number of rotatable bonds is 49. The molecule has 0 aromatic rings. The summed E-state index contributed by atoms with van der Waals surface area (Å²) in [5, 5.41) is 0. The molecule has 0 rings (SSSR count). The van der Waals surface area contributed by atoms with Crippen molar-refractivity contribution in [3.05, 3.63) is 72.9 Å². The average Bonchev–Trinajstić information content (AvgIpc) is 3.30. The Morgan fingerprint density at radius 1 is 0.338 bits per heavy atom. The van der Waals surface area contributed by atoms with E-state index in [4.69, 9.17) is 14.2 Å². The Morgan fingerprint density at radius 3 is 1.11 bits per heavy atom. The lowest BCUT2D eigenvalue weighted by Gasteiger charge is -2.18. The van der Waals surface area contributed by atoms with Gasteiger partial charge in [-0.1, -0.05) is 248 Å². The smallest absolute Gasteiger partial charge is 0.306 e. The van der Waals surface area contributed by atoms with Crippen molar-refractivity contribution in [1.82, 2.24) is 0 Å². The molecule has 0 amide bonds. The van der Waals surface area contributed by atoms with Gasteiger partial charge in [0.25, 0.3) is 0 Å². The summed E-state index contributed by atoms with van der Waals surface area (Å²) in [5.41, 5.74) is 0. The van der Waals surface area contributed by atoms with Crippen molar-refractivity contribution in [2.24, 2.45) is 0 Å². The zero-order chi connectivity index (χ0) is 47.2. The first-order chi connectivity index (χ1) is 32.0. The van der Waals surface area contributed by atoms with Crippen LogP contribution in [0.25, 0.3) is 0 Å². The van der Waals surface area contributed by atoms with Gasteiger partial charge in [0.05, 0.1) is 0 Å². The third kappa shape index (κ3) is 51.7. The molecule has 0 saturated heterocycles. The first kappa shape index (κ1) is 61.9. The van der Waals surface area contributed by atoms with E-state index in [0.717, 1.165) is 89.9 Å². The molecule has 0 fully saturated rings. The molecule has 0 heterocycles. The second-order valence-electron chi connectivity index (χ2n) is 18.1. The second kappa shape index (κ2) is 53.5. The number of carbonyl (C=O) groups is 3. The van der Waals surface area contributed by atoms with Crippen LogP contribution in [0.15, 0.2) is 72.9 Å². The highest BCUT2D eigenvalue weighted by Crippen LogP contribution is 2.16. The first-order valence-electron chi connectivity index (χ1n) is 27.5. The summed E-state index contributed by atoms with van der Waals surface area (Å²) in [6.45, 7) is 6.40. The third-order valence-electron chi connectivity index (χ3n) is 11.8. The number of hydrogen-bond donors (Lipinski definition) is 0. The fraction of sp³-hybridized carbons (Fsp3) is 0.746. The number of allylic oxidation sites excluding steroid dienone is 12. The third-order valence-corrected chi connectivity index (χ3v) is 11.8. The Hall–Kier alpha value is -3.15. The molecule has 0 spiro atoms. The SMILES string of the molecule is CC\C=C/C=C\C=C/CCCCCCCCCC(=O)OC(COC(=O)CCCCCCCCCCC/C=C\C/C=C\C/C=C\CC)COC(=O)CCCCCCCCCCCCCCC. The molecule has 0 radical (unpaired) electrons. The lowest BCUT2D eigenvalue weighted by Crippen LogP contribution is -2.30. The number of unbranched alkanes of at least 4 members (excludes halogenated alkanes) is 28. The van der Waals surface area contributed by atoms with Gasteiger partial charge in [-0.3, -0.25) is 14.4 Å². The molecule has 0 N–H and O–H groups in total. The minimum absolute atomic E-state index is 0.0800. The van der Waals surface area contributed by atoms with Crippen LogP contribution in [0, 0.1) is 0 Å². The van der Waals surface area contributed by atoms with Crippen LogP contribution in [0.4, 0.5) is 0 Å². The molecule has 0 aliphatic rings. The zero-order valence-corrected chi connectivity index (χ0v) is 42.7. The van der Waals surface area contributed by atoms with E-state index in [9.17, 15) is 14.4 Å². The molecule has 0 aromatic carbocycles. The monoisotopic (exact) mass is 907 g/mol. The van der Waals surface area contributed by atoms with Crippen molar-refractivity contribution in [3.8, 4) is 0 Å². The number of esters is 3. The number of hydrogen-bond acceptors (Lipinski definition) is 6. The quantitative estimate of drug-likeness (QED) is 0.0199. The van der Waals surface area contributed by atoms with E-state index in [1.807, 2.05) is 0 Å². The molecular weight excluding hydrogens is 805 g/mol. The van der Waals surface area contributed by atoms with Crippen LogP contribution in [0.1, 0.15) is 265 Å². The molecular formula is C59H102O6. The second-order valence-corrected chi connectivity index (χ2v) is 18.1. The summed E-state index contributed by atoms with van der Waals surface area (Å²) in [6, 6.07) is 0. The zero-order valence-electron chi connectivity index (χ0n) is 42.7. The highest BCUT2D eigenvalue weighted by molar-refractivity contribution is 5.71. The van der Waals surface area contributed by atoms with Crippen molar-refractivity contribution in [2.45, 2.75) is 271 Å². The molecule has 0 aliphatic carbocycles. The predicted octanol–water partition coefficient (Wildman–Crippen LogP) is 18.2. The van der Waals surface area contributed by atoms with Gasteiger partial charge in [-0.15, -0.1) is 0 Å². The van der Waals surface area contributed by atoms with Crippen molar-refractivity contribution in [1.29, 1.82) is 0 Å². The van der Waals surface area contributed by atoms with Crippen LogP contribution < -0.4 is 0 Å². The van der Waals surface area contributed by atoms with Crippen molar-refractivity contribution >= 4 is 17.9 Å². The fourth-order valence-corrected chi connectivity index (χ4v) is 7.69. The van der Waals surface area contributed by atoms with Crippen LogP contribution in [0.5, 0.6) is 0 Å². The minimum Gasteiger partial charge on any atom is -0.462 e. The van der Waals surface area contributed by atoms with Gasteiger partial charge in [-0.25, -0.2) is 0 Å². The molecule has 0 aromatic heterocycles. The molecule has 6 heteroatoms. The fourth-order valence-electron chi connectivity index (χ4n) is 7.69. The summed E-state index contributed by atoms with van der Waals surface area (Å²) in [4.78, 5) is 38.1. The van der Waals surface area contributed by atoms with Crippen molar-refractivity contribution in [3.63, 3.8) is 0 Å². The highest BCUT2D eigenvalue weighted by Gasteiger charge is 2.19. The summed E-state index contributed by atoms with van der Waals surface area (Å²) in [6.07, 6.45) is 67.4. The Morgan fingerprint density at radius 2 is 0.677 bits per heavy atom. The van der Waals surface area contributed by atoms with E-state index in [-0.39, 0.29) is 31.1 Å². The standard InChI is InChI=1S/C59H102O6/c1-4-7-10-13-16-19-22-25-27-28-29-30-32-34-37-40-43-46-49-52-58(61)64-55-56(54-63-57(60)51-48-45-42-39-36-33-24-21-18-15-12-9-6-3)65-59(62)53-50-47-44-41-38-35-31-26-23-20-17-14-11-8-5-2/h7-8,10-11,14,16-17,19-20,23,25,27,56H,4-6,9,12-13,15,18,21-22,24,26,28-55H2,1-3H3/b10-7-,11-8-,17-14-,19-16-,23-20-,27-25-. The van der Waals surface area contributed by atoms with Gasteiger partial charge >= 0.3 is 17.9 Å². The van der Waals surface area contributed by atoms with Crippen molar-refractivity contribution < 1.29 is 28.6 Å². The normalized spacial score (nSPS) is 12.6. The lowest BCUT2D eigenvalue weighted by atomic mass is 10.0. The van der Waals surface area contributed by atoms with E-state index in [1.54, 1.807) is 0 Å². The largest absolute Gasteiger partial charge is 0.462 e. The van der Waals surface area contributed by atoms with Crippen LogP contribution in [-0.4, -0.2) is 37.2 Å². The van der Waals surface area contributed by atoms with Crippen LogP contribution in [0.2, 0.25) is 0 Å². The predicted molar refractivity (Wildman–Crippen MR) is 279 cm³/mol. The molecule has 1 unspecified atom stereocenters. The average molecular weight is 907 g/mol. The molecule has 1 atom stereocenters. The van der Waals surface area contributed by atoms with Gasteiger partial charge in [0.15, 0.2) is 6.10 Å². The summed E-state index contributed by atoms with van der Waals surface area (Å²) >= 11 is 0. The van der Waals surface area contributed by atoms with Gasteiger partial charge < -0.3 is 14.2 Å². The van der Waals surface area contributed by atoms with E-state index >= 15 is 0 Å². The van der Waals surface area contributed by atoms with Gasteiger partial charge in [0.2, 0.25) is 0 Å². The minimum atomic E-state index is -0.782. The van der Waals surface area contributed by atoms with Gasteiger partial charge in [-0.05, 0) is 70.6 Å². The maximum Gasteiger partial charge on any atom is 0.306 e. The van der Waals surface area contributed by atoms with E-state index < -0.39 is 6.10 Å². The number of carbonyl (C=O) groups excluding carboxylic acids is 3.